The molecule has 0 aromatic heterocycles. The van der Waals surface area contributed by atoms with E-state index >= 15 is 0 Å². The molecule has 0 aliphatic heterocycles. The highest BCUT2D eigenvalue weighted by atomic mass is 16.4. The molecule has 0 aromatic rings. The van der Waals surface area contributed by atoms with Crippen molar-refractivity contribution in [2.45, 2.75) is 26.3 Å². The summed E-state index contributed by atoms with van der Waals surface area (Å²) >= 11 is 0. The Morgan fingerprint density at radius 3 is 2.16 bits per heavy atom. The van der Waals surface area contributed by atoms with Gasteiger partial charge in [0.1, 0.15) is 6.04 Å². The molecule has 110 valence electrons. The van der Waals surface area contributed by atoms with Crippen LogP contribution in [0.2, 0.25) is 0 Å². The number of nitrogens with one attached hydrogen (secondary N) is 2. The molecular weight excluding hydrogens is 254 g/mol. The maximum absolute atomic E-state index is 11.4. The van der Waals surface area contributed by atoms with Crippen LogP contribution in [-0.4, -0.2) is 65.3 Å². The van der Waals surface area contributed by atoms with E-state index in [0.717, 1.165) is 13.1 Å². The molecule has 0 rings (SSSR count). The minimum Gasteiger partial charge on any atom is -0.481 e. The highest BCUT2D eigenvalue weighted by Gasteiger charge is 2.22. The first-order valence-corrected chi connectivity index (χ1v) is 6.12. The van der Waals surface area contributed by atoms with Gasteiger partial charge < -0.3 is 25.7 Å². The summed E-state index contributed by atoms with van der Waals surface area (Å²) in [6, 6.07) is -2.10. The fourth-order valence-corrected chi connectivity index (χ4v) is 1.45. The maximum Gasteiger partial charge on any atom is 0.326 e. The van der Waals surface area contributed by atoms with E-state index in [1.807, 2.05) is 13.8 Å². The van der Waals surface area contributed by atoms with Gasteiger partial charge in [-0.05, 0) is 13.1 Å². The predicted octanol–water partition coefficient (Wildman–Crippen LogP) is -0.445. The van der Waals surface area contributed by atoms with Crippen molar-refractivity contribution in [2.75, 3.05) is 26.2 Å². The van der Waals surface area contributed by atoms with E-state index in [2.05, 4.69) is 15.5 Å². The van der Waals surface area contributed by atoms with Crippen molar-refractivity contribution in [3.05, 3.63) is 0 Å². The summed E-state index contributed by atoms with van der Waals surface area (Å²) in [6.07, 6.45) is -0.654. The summed E-state index contributed by atoms with van der Waals surface area (Å²) < 4.78 is 0. The second kappa shape index (κ2) is 9.15. The molecule has 4 N–H and O–H groups in total. The van der Waals surface area contributed by atoms with Gasteiger partial charge >= 0.3 is 18.0 Å². The summed E-state index contributed by atoms with van der Waals surface area (Å²) in [5.74, 6) is -2.66. The number of hydrogen-bond acceptors (Lipinski definition) is 4. The predicted molar refractivity (Wildman–Crippen MR) is 68.0 cm³/mol. The van der Waals surface area contributed by atoms with E-state index in [4.69, 9.17) is 10.2 Å². The van der Waals surface area contributed by atoms with Crippen molar-refractivity contribution in [1.29, 1.82) is 0 Å². The molecule has 8 heteroatoms. The first-order valence-electron chi connectivity index (χ1n) is 6.12. The molecule has 8 nitrogen and oxygen atoms in total. The standard InChI is InChI=1S/C11H21N3O5/c1-3-14(4-2)6-5-12-11(19)13-8(10(17)18)7-9(15)16/h8H,3-7H2,1-2H3,(H,15,16)(H,17,18)(H2,12,13,19). The van der Waals surface area contributed by atoms with Crippen LogP contribution in [0.15, 0.2) is 0 Å². The Balaban J connectivity index is 4.06. The van der Waals surface area contributed by atoms with Gasteiger partial charge in [-0.2, -0.15) is 0 Å². The van der Waals surface area contributed by atoms with Gasteiger partial charge in [-0.3, -0.25) is 4.79 Å². The van der Waals surface area contributed by atoms with Gasteiger partial charge in [-0.1, -0.05) is 13.8 Å². The highest BCUT2D eigenvalue weighted by molar-refractivity contribution is 5.86. The molecule has 1 unspecified atom stereocenters. The van der Waals surface area contributed by atoms with Gasteiger partial charge in [0, 0.05) is 13.1 Å². The molecular formula is C11H21N3O5. The number of carbonyl (C=O) groups excluding carboxylic acids is 1. The number of carboxylic acid groups (broad SMARTS) is 2. The molecule has 0 aromatic carbocycles. The maximum atomic E-state index is 11.4. The third-order valence-electron chi connectivity index (χ3n) is 2.59. The van der Waals surface area contributed by atoms with Crippen LogP contribution in [0.1, 0.15) is 20.3 Å². The molecule has 0 saturated heterocycles. The Hall–Kier alpha value is -1.83. The SMILES string of the molecule is CCN(CC)CCNC(=O)NC(CC(=O)O)C(=O)O. The van der Waals surface area contributed by atoms with Gasteiger partial charge in [0.05, 0.1) is 6.42 Å². The average molecular weight is 275 g/mol. The number of carbonyl (C=O) groups is 3. The lowest BCUT2D eigenvalue weighted by Gasteiger charge is -2.18. The minimum atomic E-state index is -1.43. The number of carboxylic acids is 2. The Labute approximate surface area is 111 Å². The van der Waals surface area contributed by atoms with Crippen molar-refractivity contribution < 1.29 is 24.6 Å². The van der Waals surface area contributed by atoms with Crippen LogP contribution in [0.25, 0.3) is 0 Å². The first kappa shape index (κ1) is 17.2. The summed E-state index contributed by atoms with van der Waals surface area (Å²) in [4.78, 5) is 34.7. The molecule has 0 heterocycles. The number of nitrogens with zero attached hydrogens (tertiary/aromatic N) is 1. The molecule has 19 heavy (non-hydrogen) atoms. The Morgan fingerprint density at radius 2 is 1.74 bits per heavy atom. The number of rotatable bonds is 9. The molecule has 0 aliphatic carbocycles. The van der Waals surface area contributed by atoms with Crippen molar-refractivity contribution in [3.8, 4) is 0 Å². The first-order chi connectivity index (χ1) is 8.90. The van der Waals surface area contributed by atoms with Crippen LogP contribution in [0.5, 0.6) is 0 Å². The molecule has 0 radical (unpaired) electrons. The zero-order chi connectivity index (χ0) is 14.8. The average Bonchev–Trinajstić information content (AvgIpc) is 2.33. The van der Waals surface area contributed by atoms with Gasteiger partial charge in [0.15, 0.2) is 0 Å². The van der Waals surface area contributed by atoms with Crippen LogP contribution >= 0.6 is 0 Å². The van der Waals surface area contributed by atoms with Crippen LogP contribution < -0.4 is 10.6 Å². The van der Waals surface area contributed by atoms with Crippen LogP contribution in [0.4, 0.5) is 4.79 Å². The zero-order valence-electron chi connectivity index (χ0n) is 11.2. The van der Waals surface area contributed by atoms with E-state index in [9.17, 15) is 14.4 Å². The minimum absolute atomic E-state index is 0.368. The summed E-state index contributed by atoms with van der Waals surface area (Å²) in [5.41, 5.74) is 0. The lowest BCUT2D eigenvalue weighted by atomic mass is 10.2. The van der Waals surface area contributed by atoms with Gasteiger partial charge in [0.2, 0.25) is 0 Å². The van der Waals surface area contributed by atoms with Crippen molar-refractivity contribution >= 4 is 18.0 Å². The molecule has 0 spiro atoms. The molecule has 1 atom stereocenters. The van der Waals surface area contributed by atoms with E-state index in [1.165, 1.54) is 0 Å². The van der Waals surface area contributed by atoms with Gasteiger partial charge in [-0.15, -0.1) is 0 Å². The quantitative estimate of drug-likeness (QED) is 0.453. The van der Waals surface area contributed by atoms with Gasteiger partial charge in [0.25, 0.3) is 0 Å². The Kier molecular flexibility index (Phi) is 8.27. The van der Waals surface area contributed by atoms with Crippen molar-refractivity contribution in [2.24, 2.45) is 0 Å². The second-order valence-corrected chi connectivity index (χ2v) is 3.92. The largest absolute Gasteiger partial charge is 0.481 e. The van der Waals surface area contributed by atoms with E-state index in [1.54, 1.807) is 0 Å². The van der Waals surface area contributed by atoms with Crippen LogP contribution in [0.3, 0.4) is 0 Å². The number of aliphatic carboxylic acids is 2. The van der Waals surface area contributed by atoms with E-state index < -0.39 is 30.4 Å². The Bertz CT molecular complexity index is 317. The summed E-state index contributed by atoms with van der Waals surface area (Å²) in [5, 5.41) is 21.9. The second-order valence-electron chi connectivity index (χ2n) is 3.92. The molecule has 0 aliphatic rings. The van der Waals surface area contributed by atoms with Gasteiger partial charge in [-0.25, -0.2) is 9.59 Å². The fourth-order valence-electron chi connectivity index (χ4n) is 1.45. The molecule has 0 saturated carbocycles. The number of likely N-dealkylation sites (N-methyl/N-ethyl adjacent to an activating group) is 1. The van der Waals surface area contributed by atoms with Crippen molar-refractivity contribution in [3.63, 3.8) is 0 Å². The Morgan fingerprint density at radius 1 is 1.16 bits per heavy atom. The van der Waals surface area contributed by atoms with Crippen LogP contribution in [-0.2, 0) is 9.59 Å². The lowest BCUT2D eigenvalue weighted by molar-refractivity contribution is -0.145. The van der Waals surface area contributed by atoms with Crippen LogP contribution in [0, 0.1) is 0 Å². The third kappa shape index (κ3) is 7.98. The number of urea groups is 1. The summed E-state index contributed by atoms with van der Waals surface area (Å²) in [7, 11) is 0. The van der Waals surface area contributed by atoms with E-state index in [-0.39, 0.29) is 0 Å². The number of amides is 2. The number of hydrogen-bond donors (Lipinski definition) is 4. The highest BCUT2D eigenvalue weighted by Crippen LogP contribution is 1.92. The molecule has 0 fully saturated rings. The van der Waals surface area contributed by atoms with E-state index in [0.29, 0.717) is 13.1 Å². The smallest absolute Gasteiger partial charge is 0.326 e. The normalized spacial score (nSPS) is 11.9. The zero-order valence-corrected chi connectivity index (χ0v) is 11.2. The lowest BCUT2D eigenvalue weighted by Crippen LogP contribution is -2.48. The molecule has 0 bridgehead atoms. The third-order valence-corrected chi connectivity index (χ3v) is 2.59. The van der Waals surface area contributed by atoms with Crippen molar-refractivity contribution in [1.82, 2.24) is 15.5 Å². The molecule has 2 amide bonds. The summed E-state index contributed by atoms with van der Waals surface area (Å²) in [6.45, 7) is 6.73. The topological polar surface area (TPSA) is 119 Å². The fraction of sp³-hybridized carbons (Fsp3) is 0.727. The monoisotopic (exact) mass is 275 g/mol.